The van der Waals surface area contributed by atoms with Crippen LogP contribution in [0.5, 0.6) is 0 Å². The number of carboxylic acids is 1. The summed E-state index contributed by atoms with van der Waals surface area (Å²) in [5.41, 5.74) is 0.608. The Labute approximate surface area is 210 Å². The van der Waals surface area contributed by atoms with Gasteiger partial charge in [0.25, 0.3) is 5.91 Å². The number of hydrogen-bond donors (Lipinski definition) is 2. The minimum atomic E-state index is -1.03. The molecule has 2 bridgehead atoms. The number of aliphatic hydroxyl groups is 1. The number of carbonyl (C=O) groups is 3. The lowest BCUT2D eigenvalue weighted by atomic mass is 9.71. The van der Waals surface area contributed by atoms with Crippen molar-refractivity contribution in [1.82, 2.24) is 4.90 Å². The van der Waals surface area contributed by atoms with Crippen LogP contribution in [0, 0.1) is 11.8 Å². The van der Waals surface area contributed by atoms with E-state index in [1.54, 1.807) is 35.2 Å². The van der Waals surface area contributed by atoms with Crippen molar-refractivity contribution >= 4 is 62.8 Å². The molecule has 0 radical (unpaired) electrons. The van der Waals surface area contributed by atoms with Gasteiger partial charge in [-0.15, -0.1) is 18.3 Å². The van der Waals surface area contributed by atoms with Crippen molar-refractivity contribution in [1.29, 1.82) is 0 Å². The second-order valence-electron chi connectivity index (χ2n) is 8.71. The number of thioether (sulfide) groups is 1. The van der Waals surface area contributed by atoms with Gasteiger partial charge in [-0.05, 0) is 37.1 Å². The Hall–Kier alpha value is -1.55. The number of amides is 2. The van der Waals surface area contributed by atoms with Crippen LogP contribution in [-0.2, 0) is 14.4 Å². The third kappa shape index (κ3) is 3.72. The number of hydrogen-bond acceptors (Lipinski definition) is 5. The average molecular weight is 558 g/mol. The molecule has 0 aromatic heterocycles. The first kappa shape index (κ1) is 24.6. The predicted octanol–water partition coefficient (Wildman–Crippen LogP) is 3.18. The van der Waals surface area contributed by atoms with E-state index >= 15 is 0 Å². The van der Waals surface area contributed by atoms with E-state index in [0.717, 1.165) is 0 Å². The lowest BCUT2D eigenvalue weighted by molar-refractivity contribution is -0.149. The molecule has 1 aromatic carbocycles. The Balaban J connectivity index is 1.84. The molecule has 3 aliphatic heterocycles. The molecule has 3 heterocycles. The Kier molecular flexibility index (Phi) is 6.88. The molecule has 7 atom stereocenters. The normalized spacial score (nSPS) is 33.2. The minimum Gasteiger partial charge on any atom is -0.481 e. The molecular weight excluding hydrogens is 532 g/mol. The van der Waals surface area contributed by atoms with Crippen LogP contribution in [0.2, 0.25) is 5.02 Å². The van der Waals surface area contributed by atoms with E-state index in [-0.39, 0.29) is 35.0 Å². The predicted molar refractivity (Wildman–Crippen MR) is 132 cm³/mol. The van der Waals surface area contributed by atoms with Crippen molar-refractivity contribution in [3.63, 3.8) is 0 Å². The number of rotatable bonds is 8. The third-order valence-electron chi connectivity index (χ3n) is 7.04. The molecule has 33 heavy (non-hydrogen) atoms. The van der Waals surface area contributed by atoms with Gasteiger partial charge in [0.1, 0.15) is 6.04 Å². The van der Waals surface area contributed by atoms with Crippen molar-refractivity contribution < 1.29 is 24.6 Å². The zero-order valence-corrected chi connectivity index (χ0v) is 21.2. The van der Waals surface area contributed by atoms with E-state index in [1.165, 1.54) is 16.7 Å². The molecule has 7 nitrogen and oxygen atoms in total. The number of carbonyl (C=O) groups excluding carboxylic acids is 2. The largest absolute Gasteiger partial charge is 0.481 e. The summed E-state index contributed by atoms with van der Waals surface area (Å²) in [4.78, 5) is 43.1. The first-order chi connectivity index (χ1) is 15.7. The fraction of sp³-hybridized carbons (Fsp3) is 0.522. The molecule has 10 heteroatoms. The van der Waals surface area contributed by atoms with E-state index in [1.807, 2.05) is 6.92 Å². The summed E-state index contributed by atoms with van der Waals surface area (Å²) < 4.78 is -0.884. The first-order valence-corrected chi connectivity index (χ1v) is 13.0. The van der Waals surface area contributed by atoms with Gasteiger partial charge >= 0.3 is 5.97 Å². The average Bonchev–Trinajstić information content (AvgIpc) is 3.37. The highest BCUT2D eigenvalue weighted by molar-refractivity contribution is 9.09. The third-order valence-corrected chi connectivity index (χ3v) is 10.5. The smallest absolute Gasteiger partial charge is 0.308 e. The summed E-state index contributed by atoms with van der Waals surface area (Å²) in [5, 5.41) is 20.3. The van der Waals surface area contributed by atoms with Gasteiger partial charge in [-0.25, -0.2) is 0 Å². The number of nitrogens with zero attached hydrogens (tertiary/aromatic N) is 2. The van der Waals surface area contributed by atoms with Gasteiger partial charge in [-0.2, -0.15) is 0 Å². The van der Waals surface area contributed by atoms with Gasteiger partial charge in [0.05, 0.1) is 29.2 Å². The fourth-order valence-electron chi connectivity index (χ4n) is 5.66. The van der Waals surface area contributed by atoms with Crippen LogP contribution in [0.3, 0.4) is 0 Å². The van der Waals surface area contributed by atoms with Crippen LogP contribution in [0.4, 0.5) is 5.69 Å². The summed E-state index contributed by atoms with van der Waals surface area (Å²) >= 11 is 11.1. The highest BCUT2D eigenvalue weighted by Gasteiger charge is 2.76. The van der Waals surface area contributed by atoms with Gasteiger partial charge in [-0.3, -0.25) is 14.4 Å². The number of halogens is 2. The summed E-state index contributed by atoms with van der Waals surface area (Å²) in [7, 11) is 0. The van der Waals surface area contributed by atoms with E-state index in [0.29, 0.717) is 23.6 Å². The Morgan fingerprint density at radius 1 is 1.42 bits per heavy atom. The van der Waals surface area contributed by atoms with Crippen LogP contribution < -0.4 is 4.90 Å². The van der Waals surface area contributed by atoms with Crippen LogP contribution in [-0.4, -0.2) is 73.0 Å². The highest BCUT2D eigenvalue weighted by atomic mass is 79.9. The fourth-order valence-corrected chi connectivity index (χ4v) is 9.37. The standard InChI is InChI=1S/C23H26BrClN2O5S/c1-3-9-26(14-7-5-12(25)6-8-14)21(30)19-23-10-15(24)18(33-23)16(22(31)32)17(23)20(29)27(19)13(4-2)11-28/h3,5-8,13,15-19,28H,1,4,9-11H2,2H3,(H,31,32)/t13-,15?,16+,17-,18+,19?,23?/m0/s1. The molecule has 3 unspecified atom stereocenters. The molecule has 2 amide bonds. The summed E-state index contributed by atoms with van der Waals surface area (Å²) in [6.45, 7) is 5.53. The zero-order chi connectivity index (χ0) is 24.1. The van der Waals surface area contributed by atoms with Crippen molar-refractivity contribution in [3.8, 4) is 0 Å². The number of carboxylic acid groups (broad SMARTS) is 1. The second kappa shape index (κ2) is 9.24. The number of alkyl halides is 1. The van der Waals surface area contributed by atoms with Gasteiger partial charge < -0.3 is 20.0 Å². The molecule has 4 rings (SSSR count). The van der Waals surface area contributed by atoms with Crippen molar-refractivity contribution in [3.05, 3.63) is 41.9 Å². The molecule has 3 aliphatic rings. The number of aliphatic carboxylic acids is 1. The summed E-state index contributed by atoms with van der Waals surface area (Å²) in [6.07, 6.45) is 2.55. The molecule has 3 fully saturated rings. The highest BCUT2D eigenvalue weighted by Crippen LogP contribution is 2.68. The van der Waals surface area contributed by atoms with E-state index in [4.69, 9.17) is 11.6 Å². The van der Waals surface area contributed by atoms with Crippen LogP contribution >= 0.6 is 39.3 Å². The Bertz CT molecular complexity index is 974. The molecule has 3 saturated heterocycles. The van der Waals surface area contributed by atoms with Crippen molar-refractivity contribution in [2.24, 2.45) is 11.8 Å². The van der Waals surface area contributed by atoms with Gasteiger partial charge in [0.2, 0.25) is 5.91 Å². The van der Waals surface area contributed by atoms with Crippen molar-refractivity contribution in [2.75, 3.05) is 18.1 Å². The summed E-state index contributed by atoms with van der Waals surface area (Å²) in [6, 6.07) is 5.36. The number of aliphatic hydroxyl groups excluding tert-OH is 1. The Morgan fingerprint density at radius 2 is 2.09 bits per heavy atom. The minimum absolute atomic E-state index is 0.125. The molecule has 0 saturated carbocycles. The second-order valence-corrected chi connectivity index (χ2v) is 11.9. The maximum atomic E-state index is 14.2. The van der Waals surface area contributed by atoms with Crippen LogP contribution in [0.1, 0.15) is 19.8 Å². The maximum absolute atomic E-state index is 14.2. The molecule has 0 aliphatic carbocycles. The maximum Gasteiger partial charge on any atom is 0.308 e. The van der Waals surface area contributed by atoms with E-state index < -0.39 is 34.6 Å². The first-order valence-electron chi connectivity index (χ1n) is 10.9. The van der Waals surface area contributed by atoms with E-state index in [2.05, 4.69) is 22.5 Å². The van der Waals surface area contributed by atoms with Crippen LogP contribution in [0.25, 0.3) is 0 Å². The lowest BCUT2D eigenvalue weighted by Gasteiger charge is -2.39. The molecule has 2 N–H and O–H groups in total. The molecule has 178 valence electrons. The van der Waals surface area contributed by atoms with Crippen LogP contribution in [0.15, 0.2) is 36.9 Å². The zero-order valence-electron chi connectivity index (χ0n) is 18.1. The topological polar surface area (TPSA) is 98.2 Å². The SMILES string of the molecule is C=CCN(C(=O)C1N([C@@H](CC)CO)C(=O)[C@@H]2[C@@H](C(=O)O)[C@@H]3SC12CC3Br)c1ccc(Cl)cc1. The van der Waals surface area contributed by atoms with Gasteiger partial charge in [0.15, 0.2) is 0 Å². The van der Waals surface area contributed by atoms with Gasteiger partial charge in [0, 0.05) is 27.3 Å². The molecule has 1 spiro atoms. The summed E-state index contributed by atoms with van der Waals surface area (Å²) in [5.74, 6) is -3.39. The number of anilines is 1. The van der Waals surface area contributed by atoms with Crippen molar-refractivity contribution in [2.45, 2.75) is 46.7 Å². The van der Waals surface area contributed by atoms with Gasteiger partial charge in [-0.1, -0.05) is 40.5 Å². The molecule has 1 aromatic rings. The quantitative estimate of drug-likeness (QED) is 0.376. The monoisotopic (exact) mass is 556 g/mol. The lowest BCUT2D eigenvalue weighted by Crippen LogP contribution is -2.58. The number of benzene rings is 1. The number of fused-ring (bicyclic) bond motifs is 1. The molecular formula is C23H26BrClN2O5S. The van der Waals surface area contributed by atoms with E-state index in [9.17, 15) is 24.6 Å². The Morgan fingerprint density at radius 3 is 2.64 bits per heavy atom. The number of likely N-dealkylation sites (tertiary alicyclic amines) is 1.